The zero-order valence-electron chi connectivity index (χ0n) is 7.22. The molecular formula is C8H11N3OS. The van der Waals surface area contributed by atoms with Crippen molar-refractivity contribution in [1.29, 1.82) is 0 Å². The van der Waals surface area contributed by atoms with Crippen molar-refractivity contribution in [3.8, 4) is 0 Å². The van der Waals surface area contributed by atoms with Crippen molar-refractivity contribution in [2.75, 3.05) is 11.5 Å². The Labute approximate surface area is 80.7 Å². The first kappa shape index (κ1) is 8.74. The molecule has 0 saturated carbocycles. The predicted octanol–water partition coefficient (Wildman–Crippen LogP) is 1.16. The third-order valence-corrected chi connectivity index (χ3v) is 3.26. The van der Waals surface area contributed by atoms with Crippen LogP contribution in [-0.2, 0) is 0 Å². The molecule has 0 radical (unpaired) electrons. The Kier molecular flexibility index (Phi) is 2.63. The van der Waals surface area contributed by atoms with E-state index in [1.165, 1.54) is 11.5 Å². The van der Waals surface area contributed by atoms with Gasteiger partial charge in [0, 0.05) is 0 Å². The number of aldehydes is 1. The molecule has 5 heteroatoms. The zero-order chi connectivity index (χ0) is 9.10. The van der Waals surface area contributed by atoms with Crippen molar-refractivity contribution in [3.63, 3.8) is 0 Å². The fourth-order valence-corrected chi connectivity index (χ4v) is 2.55. The molecule has 0 aliphatic carbocycles. The van der Waals surface area contributed by atoms with Crippen LogP contribution in [-0.4, -0.2) is 32.8 Å². The van der Waals surface area contributed by atoms with E-state index >= 15 is 0 Å². The summed E-state index contributed by atoms with van der Waals surface area (Å²) in [6.07, 6.45) is 4.73. The van der Waals surface area contributed by atoms with Gasteiger partial charge >= 0.3 is 0 Å². The maximum atomic E-state index is 10.4. The highest BCUT2D eigenvalue weighted by Crippen LogP contribution is 2.25. The lowest BCUT2D eigenvalue weighted by molar-refractivity contribution is 0.111. The van der Waals surface area contributed by atoms with Crippen LogP contribution in [0.3, 0.4) is 0 Å². The smallest absolute Gasteiger partial charge is 0.171 e. The first-order valence-corrected chi connectivity index (χ1v) is 5.50. The van der Waals surface area contributed by atoms with E-state index in [0.717, 1.165) is 19.1 Å². The minimum absolute atomic E-state index is 0.429. The second-order valence-corrected chi connectivity index (χ2v) is 4.31. The number of carbonyl (C=O) groups excluding carboxylic acids is 1. The summed E-state index contributed by atoms with van der Waals surface area (Å²) < 4.78 is 1.82. The van der Waals surface area contributed by atoms with Gasteiger partial charge in [-0.05, 0) is 24.3 Å². The van der Waals surface area contributed by atoms with Gasteiger partial charge in [-0.1, -0.05) is 5.21 Å². The van der Waals surface area contributed by atoms with Gasteiger partial charge in [0.15, 0.2) is 6.29 Å². The van der Waals surface area contributed by atoms with E-state index in [4.69, 9.17) is 0 Å². The fraction of sp³-hybridized carbons (Fsp3) is 0.625. The molecule has 1 aliphatic rings. The molecule has 0 atom stereocenters. The normalized spacial score (nSPS) is 18.8. The molecule has 1 aromatic heterocycles. The zero-order valence-corrected chi connectivity index (χ0v) is 8.04. The summed E-state index contributed by atoms with van der Waals surface area (Å²) in [6.45, 7) is 0. The minimum Gasteiger partial charge on any atom is -0.296 e. The Bertz CT molecular complexity index is 293. The van der Waals surface area contributed by atoms with E-state index in [1.807, 2.05) is 16.4 Å². The van der Waals surface area contributed by atoms with Crippen molar-refractivity contribution in [1.82, 2.24) is 15.0 Å². The average molecular weight is 197 g/mol. The molecule has 1 aromatic rings. The van der Waals surface area contributed by atoms with E-state index < -0.39 is 0 Å². The number of aromatic nitrogens is 3. The Morgan fingerprint density at radius 3 is 2.92 bits per heavy atom. The highest BCUT2D eigenvalue weighted by molar-refractivity contribution is 7.99. The van der Waals surface area contributed by atoms with Crippen molar-refractivity contribution in [2.24, 2.45) is 0 Å². The number of hydrogen-bond donors (Lipinski definition) is 0. The minimum atomic E-state index is 0.429. The molecule has 70 valence electrons. The second-order valence-electron chi connectivity index (χ2n) is 3.08. The van der Waals surface area contributed by atoms with Crippen LogP contribution in [0.25, 0.3) is 0 Å². The van der Waals surface area contributed by atoms with Gasteiger partial charge in [0.2, 0.25) is 0 Å². The highest BCUT2D eigenvalue weighted by atomic mass is 32.2. The molecule has 1 saturated heterocycles. The first-order chi connectivity index (χ1) is 6.40. The summed E-state index contributed by atoms with van der Waals surface area (Å²) in [5.41, 5.74) is 0.429. The van der Waals surface area contributed by atoms with Gasteiger partial charge in [0.25, 0.3) is 0 Å². The van der Waals surface area contributed by atoms with Gasteiger partial charge in [-0.25, -0.2) is 4.68 Å². The standard InChI is InChI=1S/C8H11N3OS/c12-6-7-5-11(10-9-7)8-1-3-13-4-2-8/h5-6,8H,1-4H2. The third-order valence-electron chi connectivity index (χ3n) is 2.21. The van der Waals surface area contributed by atoms with Crippen molar-refractivity contribution in [2.45, 2.75) is 18.9 Å². The van der Waals surface area contributed by atoms with Crippen molar-refractivity contribution >= 4 is 18.0 Å². The molecule has 4 nitrogen and oxygen atoms in total. The van der Waals surface area contributed by atoms with Gasteiger partial charge in [0.1, 0.15) is 5.69 Å². The maximum Gasteiger partial charge on any atom is 0.171 e. The summed E-state index contributed by atoms with van der Waals surface area (Å²) in [5.74, 6) is 2.36. The molecule has 0 aromatic carbocycles. The van der Waals surface area contributed by atoms with Gasteiger partial charge in [-0.3, -0.25) is 4.79 Å². The lowest BCUT2D eigenvalue weighted by atomic mass is 10.2. The second kappa shape index (κ2) is 3.91. The van der Waals surface area contributed by atoms with Crippen LogP contribution in [0, 0.1) is 0 Å². The third kappa shape index (κ3) is 1.91. The van der Waals surface area contributed by atoms with Crippen LogP contribution in [0.4, 0.5) is 0 Å². The Balaban J connectivity index is 2.09. The van der Waals surface area contributed by atoms with Gasteiger partial charge in [0.05, 0.1) is 12.2 Å². The van der Waals surface area contributed by atoms with Crippen LogP contribution in [0.2, 0.25) is 0 Å². The SMILES string of the molecule is O=Cc1cn(C2CCSCC2)nn1. The summed E-state index contributed by atoms with van der Waals surface area (Å²) in [5, 5.41) is 7.68. The fourth-order valence-electron chi connectivity index (χ4n) is 1.47. The number of rotatable bonds is 2. The average Bonchev–Trinajstić information content (AvgIpc) is 2.67. The monoisotopic (exact) mass is 197 g/mol. The molecular weight excluding hydrogens is 186 g/mol. The molecule has 1 aliphatic heterocycles. The molecule has 0 spiro atoms. The van der Waals surface area contributed by atoms with Crippen LogP contribution in [0.1, 0.15) is 29.4 Å². The summed E-state index contributed by atoms with van der Waals surface area (Å²) in [4.78, 5) is 10.4. The van der Waals surface area contributed by atoms with Crippen LogP contribution in [0.15, 0.2) is 6.20 Å². The predicted molar refractivity (Wildman–Crippen MR) is 51.0 cm³/mol. The Hall–Kier alpha value is -0.840. The van der Waals surface area contributed by atoms with Gasteiger partial charge in [-0.2, -0.15) is 11.8 Å². The van der Waals surface area contributed by atoms with E-state index in [1.54, 1.807) is 6.20 Å². The van der Waals surface area contributed by atoms with E-state index in [2.05, 4.69) is 10.3 Å². The Morgan fingerprint density at radius 2 is 2.31 bits per heavy atom. The lowest BCUT2D eigenvalue weighted by Gasteiger charge is -2.20. The van der Waals surface area contributed by atoms with Crippen LogP contribution >= 0.6 is 11.8 Å². The van der Waals surface area contributed by atoms with Crippen molar-refractivity contribution in [3.05, 3.63) is 11.9 Å². The van der Waals surface area contributed by atoms with Crippen LogP contribution < -0.4 is 0 Å². The lowest BCUT2D eigenvalue weighted by Crippen LogP contribution is -2.15. The largest absolute Gasteiger partial charge is 0.296 e. The molecule has 0 N–H and O–H groups in total. The maximum absolute atomic E-state index is 10.4. The summed E-state index contributed by atoms with van der Waals surface area (Å²) in [6, 6.07) is 0.447. The summed E-state index contributed by atoms with van der Waals surface area (Å²) >= 11 is 1.97. The first-order valence-electron chi connectivity index (χ1n) is 4.35. The Morgan fingerprint density at radius 1 is 1.54 bits per heavy atom. The molecule has 0 unspecified atom stereocenters. The van der Waals surface area contributed by atoms with Gasteiger partial charge < -0.3 is 0 Å². The highest BCUT2D eigenvalue weighted by Gasteiger charge is 2.16. The number of hydrogen-bond acceptors (Lipinski definition) is 4. The van der Waals surface area contributed by atoms with Crippen LogP contribution in [0.5, 0.6) is 0 Å². The molecule has 0 bridgehead atoms. The van der Waals surface area contributed by atoms with E-state index in [-0.39, 0.29) is 0 Å². The molecule has 2 rings (SSSR count). The molecule has 0 amide bonds. The number of carbonyl (C=O) groups is 1. The topological polar surface area (TPSA) is 47.8 Å². The molecule has 13 heavy (non-hydrogen) atoms. The van der Waals surface area contributed by atoms with Crippen molar-refractivity contribution < 1.29 is 4.79 Å². The van der Waals surface area contributed by atoms with E-state index in [9.17, 15) is 4.79 Å². The quantitative estimate of drug-likeness (QED) is 0.667. The number of nitrogens with zero attached hydrogens (tertiary/aromatic N) is 3. The molecule has 2 heterocycles. The van der Waals surface area contributed by atoms with Gasteiger partial charge in [-0.15, -0.1) is 5.10 Å². The number of thioether (sulfide) groups is 1. The summed E-state index contributed by atoms with van der Waals surface area (Å²) in [7, 11) is 0. The molecule has 1 fully saturated rings. The van der Waals surface area contributed by atoms with E-state index in [0.29, 0.717) is 11.7 Å².